The molecule has 1 atom stereocenters. The molecule has 0 amide bonds. The average Bonchev–Trinajstić information content (AvgIpc) is 3.06. The maximum absolute atomic E-state index is 11.9. The Morgan fingerprint density at radius 1 is 1.55 bits per heavy atom. The van der Waals surface area contributed by atoms with Crippen LogP contribution in [0.15, 0.2) is 6.20 Å². The van der Waals surface area contributed by atoms with Crippen LogP contribution in [0, 0.1) is 5.92 Å². The van der Waals surface area contributed by atoms with Crippen molar-refractivity contribution in [3.05, 3.63) is 17.5 Å². The summed E-state index contributed by atoms with van der Waals surface area (Å²) in [5.74, 6) is 0.472. The second-order valence-corrected chi connectivity index (χ2v) is 5.56. The largest absolute Gasteiger partial charge is 0.462 e. The molecule has 1 heterocycles. The van der Waals surface area contributed by atoms with Crippen molar-refractivity contribution >= 4 is 5.97 Å². The molecule has 0 bridgehead atoms. The smallest absolute Gasteiger partial charge is 0.341 e. The van der Waals surface area contributed by atoms with E-state index in [1.807, 2.05) is 14.0 Å². The molecule has 5 nitrogen and oxygen atoms in total. The molecule has 1 aliphatic carbocycles. The van der Waals surface area contributed by atoms with E-state index in [0.29, 0.717) is 24.8 Å². The molecule has 0 aliphatic heterocycles. The summed E-state index contributed by atoms with van der Waals surface area (Å²) in [6.07, 6.45) is 6.90. The van der Waals surface area contributed by atoms with Crippen molar-refractivity contribution in [3.8, 4) is 0 Å². The van der Waals surface area contributed by atoms with Gasteiger partial charge in [-0.05, 0) is 32.6 Å². The van der Waals surface area contributed by atoms with Crippen molar-refractivity contribution in [2.75, 3.05) is 6.61 Å². The highest BCUT2D eigenvalue weighted by Crippen LogP contribution is 2.27. The van der Waals surface area contributed by atoms with Gasteiger partial charge in [0, 0.05) is 19.6 Å². The van der Waals surface area contributed by atoms with Crippen molar-refractivity contribution in [3.63, 3.8) is 0 Å². The first-order valence-corrected chi connectivity index (χ1v) is 7.54. The fourth-order valence-electron chi connectivity index (χ4n) is 2.93. The minimum atomic E-state index is -0.286. The molecule has 0 radical (unpaired) electrons. The lowest BCUT2D eigenvalue weighted by Gasteiger charge is -2.20. The number of nitrogens with zero attached hydrogens (tertiary/aromatic N) is 2. The van der Waals surface area contributed by atoms with Crippen molar-refractivity contribution < 1.29 is 9.53 Å². The first-order chi connectivity index (χ1) is 9.63. The Labute approximate surface area is 120 Å². The van der Waals surface area contributed by atoms with Crippen LogP contribution in [0.2, 0.25) is 0 Å². The van der Waals surface area contributed by atoms with Crippen LogP contribution in [0.4, 0.5) is 0 Å². The number of ether oxygens (including phenoxy) is 1. The van der Waals surface area contributed by atoms with Gasteiger partial charge in [0.15, 0.2) is 0 Å². The third-order valence-electron chi connectivity index (χ3n) is 4.26. The molecular weight excluding hydrogens is 254 g/mol. The summed E-state index contributed by atoms with van der Waals surface area (Å²) in [5, 5.41) is 7.71. The fraction of sp³-hybridized carbons (Fsp3) is 0.733. The summed E-state index contributed by atoms with van der Waals surface area (Å²) in [6, 6.07) is 0.474. The Morgan fingerprint density at radius 2 is 2.25 bits per heavy atom. The van der Waals surface area contributed by atoms with Gasteiger partial charge < -0.3 is 10.1 Å². The minimum Gasteiger partial charge on any atom is -0.462 e. The lowest BCUT2D eigenvalue weighted by Crippen LogP contribution is -2.33. The van der Waals surface area contributed by atoms with E-state index in [4.69, 9.17) is 4.74 Å². The maximum atomic E-state index is 11.9. The number of hydrogen-bond donors (Lipinski definition) is 1. The monoisotopic (exact) mass is 279 g/mol. The third kappa shape index (κ3) is 3.39. The van der Waals surface area contributed by atoms with E-state index in [9.17, 15) is 4.79 Å². The second-order valence-electron chi connectivity index (χ2n) is 5.56. The molecule has 1 saturated carbocycles. The number of esters is 1. The minimum absolute atomic E-state index is 0.286. The normalized spacial score (nSPS) is 17.4. The molecule has 1 fully saturated rings. The Balaban J connectivity index is 1.97. The number of carbonyl (C=O) groups is 1. The predicted octanol–water partition coefficient (Wildman–Crippen LogP) is 2.27. The van der Waals surface area contributed by atoms with E-state index >= 15 is 0 Å². The van der Waals surface area contributed by atoms with E-state index in [1.54, 1.807) is 10.9 Å². The summed E-state index contributed by atoms with van der Waals surface area (Å²) in [6.45, 7) is 5.09. The molecule has 1 aromatic rings. The molecule has 1 aliphatic rings. The van der Waals surface area contributed by atoms with Gasteiger partial charge >= 0.3 is 5.97 Å². The second kappa shape index (κ2) is 6.88. The first-order valence-electron chi connectivity index (χ1n) is 7.54. The zero-order chi connectivity index (χ0) is 14.5. The molecule has 0 spiro atoms. The van der Waals surface area contributed by atoms with Gasteiger partial charge in [-0.1, -0.05) is 12.8 Å². The number of aryl methyl sites for hydroxylation is 1. The summed E-state index contributed by atoms with van der Waals surface area (Å²) < 4.78 is 6.82. The molecule has 0 unspecified atom stereocenters. The summed E-state index contributed by atoms with van der Waals surface area (Å²) >= 11 is 0. The van der Waals surface area contributed by atoms with Crippen LogP contribution >= 0.6 is 0 Å². The molecule has 2 rings (SSSR count). The molecule has 0 aromatic carbocycles. The summed E-state index contributed by atoms with van der Waals surface area (Å²) in [7, 11) is 1.86. The van der Waals surface area contributed by atoms with Gasteiger partial charge in [0.1, 0.15) is 5.56 Å². The van der Waals surface area contributed by atoms with Crippen LogP contribution in [-0.4, -0.2) is 28.4 Å². The lowest BCUT2D eigenvalue weighted by molar-refractivity contribution is 0.0524. The number of rotatable bonds is 6. The van der Waals surface area contributed by atoms with Crippen LogP contribution in [0.3, 0.4) is 0 Å². The summed E-state index contributed by atoms with van der Waals surface area (Å²) in [4.78, 5) is 11.9. The van der Waals surface area contributed by atoms with Gasteiger partial charge in [0.25, 0.3) is 0 Å². The van der Waals surface area contributed by atoms with Crippen molar-refractivity contribution in [2.24, 2.45) is 13.0 Å². The molecule has 5 heteroatoms. The number of hydrogen-bond acceptors (Lipinski definition) is 4. The number of nitrogens with one attached hydrogen (secondary N) is 1. The molecule has 1 aromatic heterocycles. The Morgan fingerprint density at radius 3 is 2.90 bits per heavy atom. The van der Waals surface area contributed by atoms with Crippen LogP contribution in [0.1, 0.15) is 55.6 Å². The fourth-order valence-corrected chi connectivity index (χ4v) is 2.93. The van der Waals surface area contributed by atoms with Gasteiger partial charge in [-0.15, -0.1) is 0 Å². The van der Waals surface area contributed by atoms with Crippen molar-refractivity contribution in [2.45, 2.75) is 52.1 Å². The van der Waals surface area contributed by atoms with E-state index in [0.717, 1.165) is 11.6 Å². The molecular formula is C15H25N3O2. The SMILES string of the molecule is CCOC(=O)c1cnn(C)c1CN[C@H](C)C1CCCC1. The van der Waals surface area contributed by atoms with Crippen LogP contribution in [-0.2, 0) is 18.3 Å². The van der Waals surface area contributed by atoms with Gasteiger partial charge in [0.2, 0.25) is 0 Å². The Hall–Kier alpha value is -1.36. The number of aromatic nitrogens is 2. The molecule has 0 saturated heterocycles. The quantitative estimate of drug-likeness (QED) is 0.812. The van der Waals surface area contributed by atoms with Crippen molar-refractivity contribution in [1.82, 2.24) is 15.1 Å². The van der Waals surface area contributed by atoms with Gasteiger partial charge in [-0.25, -0.2) is 4.79 Å². The molecule has 112 valence electrons. The maximum Gasteiger partial charge on any atom is 0.341 e. The van der Waals surface area contributed by atoms with Crippen LogP contribution in [0.25, 0.3) is 0 Å². The van der Waals surface area contributed by atoms with Gasteiger partial charge in [-0.2, -0.15) is 5.10 Å². The third-order valence-corrected chi connectivity index (χ3v) is 4.26. The van der Waals surface area contributed by atoms with Crippen LogP contribution in [0.5, 0.6) is 0 Å². The Kier molecular flexibility index (Phi) is 5.17. The topological polar surface area (TPSA) is 56.1 Å². The lowest BCUT2D eigenvalue weighted by atomic mass is 10.00. The van der Waals surface area contributed by atoms with Gasteiger partial charge in [-0.3, -0.25) is 4.68 Å². The predicted molar refractivity (Wildman–Crippen MR) is 77.4 cm³/mol. The van der Waals surface area contributed by atoms with E-state index in [-0.39, 0.29) is 5.97 Å². The zero-order valence-corrected chi connectivity index (χ0v) is 12.7. The molecule has 1 N–H and O–H groups in total. The standard InChI is InChI=1S/C15H25N3O2/c1-4-20-15(19)13-9-17-18(3)14(13)10-16-11(2)12-7-5-6-8-12/h9,11-12,16H,4-8,10H2,1-3H3/t11-/m1/s1. The van der Waals surface area contributed by atoms with E-state index < -0.39 is 0 Å². The highest BCUT2D eigenvalue weighted by Gasteiger charge is 2.23. The first kappa shape index (κ1) is 15.0. The average molecular weight is 279 g/mol. The Bertz CT molecular complexity index is 450. The van der Waals surface area contributed by atoms with Gasteiger partial charge in [0.05, 0.1) is 18.5 Å². The van der Waals surface area contributed by atoms with E-state index in [2.05, 4.69) is 17.3 Å². The van der Waals surface area contributed by atoms with Crippen molar-refractivity contribution in [1.29, 1.82) is 0 Å². The zero-order valence-electron chi connectivity index (χ0n) is 12.7. The van der Waals surface area contributed by atoms with Crippen LogP contribution < -0.4 is 5.32 Å². The highest BCUT2D eigenvalue weighted by molar-refractivity contribution is 5.90. The number of carbonyl (C=O) groups excluding carboxylic acids is 1. The summed E-state index contributed by atoms with van der Waals surface area (Å²) in [5.41, 5.74) is 1.47. The molecule has 20 heavy (non-hydrogen) atoms. The highest BCUT2D eigenvalue weighted by atomic mass is 16.5. The van der Waals surface area contributed by atoms with E-state index in [1.165, 1.54) is 25.7 Å².